The van der Waals surface area contributed by atoms with Gasteiger partial charge in [-0.15, -0.1) is 0 Å². The fraction of sp³-hybridized carbons (Fsp3) is 0.478. The largest absolute Gasteiger partial charge is 0.356 e. The number of fused-ring (bicyclic) bond motifs is 1. The van der Waals surface area contributed by atoms with Crippen molar-refractivity contribution < 1.29 is 18.8 Å². The second-order valence-corrected chi connectivity index (χ2v) is 9.15. The maximum atomic E-state index is 13.7. The van der Waals surface area contributed by atoms with Crippen LogP contribution < -0.4 is 16.0 Å². The fourth-order valence-corrected chi connectivity index (χ4v) is 4.40. The summed E-state index contributed by atoms with van der Waals surface area (Å²) in [5.41, 5.74) is 0.460. The van der Waals surface area contributed by atoms with E-state index in [0.717, 1.165) is 19.3 Å². The van der Waals surface area contributed by atoms with E-state index in [4.69, 9.17) is 11.6 Å². The molecule has 0 radical (unpaired) electrons. The van der Waals surface area contributed by atoms with Crippen LogP contribution in [0.2, 0.25) is 5.02 Å². The number of piperidine rings is 1. The molecule has 1 aliphatic heterocycles. The molecular formula is C23H25ClFN5O3. The molecule has 2 fully saturated rings. The normalized spacial score (nSPS) is 19.9. The van der Waals surface area contributed by atoms with Crippen LogP contribution in [0, 0.1) is 29.0 Å². The number of nitrogens with one attached hydrogen (secondary N) is 4. The van der Waals surface area contributed by atoms with Crippen LogP contribution in [0.5, 0.6) is 0 Å². The van der Waals surface area contributed by atoms with E-state index in [0.29, 0.717) is 36.2 Å². The minimum Gasteiger partial charge on any atom is -0.356 e. The zero-order valence-electron chi connectivity index (χ0n) is 17.9. The lowest BCUT2D eigenvalue weighted by Gasteiger charge is -2.25. The zero-order valence-corrected chi connectivity index (χ0v) is 18.7. The molecule has 10 heteroatoms. The summed E-state index contributed by atoms with van der Waals surface area (Å²) in [6, 6.07) is 4.67. The van der Waals surface area contributed by atoms with Gasteiger partial charge < -0.3 is 20.9 Å². The van der Waals surface area contributed by atoms with Gasteiger partial charge in [-0.3, -0.25) is 14.4 Å². The van der Waals surface area contributed by atoms with Gasteiger partial charge in [-0.2, -0.15) is 5.26 Å². The molecule has 2 heterocycles. The van der Waals surface area contributed by atoms with Gasteiger partial charge in [0.2, 0.25) is 11.8 Å². The summed E-state index contributed by atoms with van der Waals surface area (Å²) in [7, 11) is 0. The minimum absolute atomic E-state index is 0.104. The molecule has 33 heavy (non-hydrogen) atoms. The van der Waals surface area contributed by atoms with Gasteiger partial charge in [0.05, 0.1) is 11.6 Å². The number of benzene rings is 1. The summed E-state index contributed by atoms with van der Waals surface area (Å²) in [4.78, 5) is 40.7. The second kappa shape index (κ2) is 9.79. The molecule has 0 bridgehead atoms. The predicted molar refractivity (Wildman–Crippen MR) is 120 cm³/mol. The SMILES string of the molecule is N#CC(CC1CCCNC1=O)NC(=O)C(CC1CC1)NC(=O)c1cc2ccc(F)c(Cl)c2[nH]1. The summed E-state index contributed by atoms with van der Waals surface area (Å²) in [6.45, 7) is 0.625. The first-order valence-electron chi connectivity index (χ1n) is 11.1. The predicted octanol–water partition coefficient (Wildman–Crippen LogP) is 2.78. The van der Waals surface area contributed by atoms with E-state index < -0.39 is 29.7 Å². The Labute approximate surface area is 195 Å². The molecule has 3 atom stereocenters. The molecular weight excluding hydrogens is 449 g/mol. The quantitative estimate of drug-likeness (QED) is 0.470. The van der Waals surface area contributed by atoms with Gasteiger partial charge in [0.15, 0.2) is 0 Å². The lowest BCUT2D eigenvalue weighted by molar-refractivity contribution is -0.128. The molecule has 4 rings (SSSR count). The van der Waals surface area contributed by atoms with Crippen molar-refractivity contribution in [1.82, 2.24) is 20.9 Å². The Balaban J connectivity index is 1.44. The summed E-state index contributed by atoms with van der Waals surface area (Å²) in [5.74, 6) is -1.68. The van der Waals surface area contributed by atoms with E-state index in [1.54, 1.807) is 6.07 Å². The van der Waals surface area contributed by atoms with E-state index >= 15 is 0 Å². The summed E-state index contributed by atoms with van der Waals surface area (Å²) >= 11 is 5.98. The van der Waals surface area contributed by atoms with Crippen molar-refractivity contribution in [3.8, 4) is 6.07 Å². The molecule has 4 N–H and O–H groups in total. The van der Waals surface area contributed by atoms with Crippen LogP contribution in [-0.2, 0) is 9.59 Å². The number of aromatic amines is 1. The first-order valence-corrected chi connectivity index (χ1v) is 11.5. The number of amides is 3. The van der Waals surface area contributed by atoms with Crippen molar-refractivity contribution in [2.75, 3.05) is 6.54 Å². The van der Waals surface area contributed by atoms with Crippen molar-refractivity contribution in [2.24, 2.45) is 11.8 Å². The second-order valence-electron chi connectivity index (χ2n) is 8.77. The van der Waals surface area contributed by atoms with Crippen molar-refractivity contribution in [3.05, 3.63) is 34.7 Å². The topological polar surface area (TPSA) is 127 Å². The van der Waals surface area contributed by atoms with Crippen molar-refractivity contribution in [3.63, 3.8) is 0 Å². The van der Waals surface area contributed by atoms with E-state index in [2.05, 4.69) is 27.0 Å². The fourth-order valence-electron chi connectivity index (χ4n) is 4.18. The molecule has 3 amide bonds. The van der Waals surface area contributed by atoms with Crippen LogP contribution in [0.3, 0.4) is 0 Å². The highest BCUT2D eigenvalue weighted by atomic mass is 35.5. The number of hydrogen-bond acceptors (Lipinski definition) is 4. The lowest BCUT2D eigenvalue weighted by Crippen LogP contribution is -2.50. The molecule has 1 saturated carbocycles. The Morgan fingerprint density at radius 2 is 2.03 bits per heavy atom. The summed E-state index contributed by atoms with van der Waals surface area (Å²) in [6.07, 6.45) is 4.14. The third kappa shape index (κ3) is 5.45. The Hall–Kier alpha value is -3.12. The van der Waals surface area contributed by atoms with E-state index in [1.165, 1.54) is 12.1 Å². The Morgan fingerprint density at radius 1 is 1.24 bits per heavy atom. The van der Waals surface area contributed by atoms with Crippen LogP contribution in [0.25, 0.3) is 10.9 Å². The van der Waals surface area contributed by atoms with Gasteiger partial charge in [0, 0.05) is 17.8 Å². The number of carbonyl (C=O) groups excluding carboxylic acids is 3. The Bertz CT molecular complexity index is 1120. The number of rotatable bonds is 8. The van der Waals surface area contributed by atoms with Crippen LogP contribution >= 0.6 is 11.6 Å². The molecule has 1 saturated heterocycles. The number of hydrogen-bond donors (Lipinski definition) is 4. The molecule has 1 aliphatic carbocycles. The third-order valence-electron chi connectivity index (χ3n) is 6.21. The summed E-state index contributed by atoms with van der Waals surface area (Å²) < 4.78 is 13.7. The van der Waals surface area contributed by atoms with Crippen molar-refractivity contribution in [2.45, 2.75) is 50.6 Å². The smallest absolute Gasteiger partial charge is 0.268 e. The molecule has 174 valence electrons. The molecule has 2 aliphatic rings. The third-order valence-corrected chi connectivity index (χ3v) is 6.58. The Morgan fingerprint density at radius 3 is 2.73 bits per heavy atom. The monoisotopic (exact) mass is 473 g/mol. The van der Waals surface area contributed by atoms with Crippen LogP contribution in [0.4, 0.5) is 4.39 Å². The molecule has 1 aromatic carbocycles. The van der Waals surface area contributed by atoms with E-state index in [1.807, 2.05) is 0 Å². The number of halogens is 2. The van der Waals surface area contributed by atoms with Gasteiger partial charge in [-0.1, -0.05) is 24.4 Å². The maximum absolute atomic E-state index is 13.7. The number of nitriles is 1. The number of carbonyl (C=O) groups is 3. The van der Waals surface area contributed by atoms with Crippen LogP contribution in [0.1, 0.15) is 49.0 Å². The average molecular weight is 474 g/mol. The van der Waals surface area contributed by atoms with Crippen molar-refractivity contribution >= 4 is 40.2 Å². The molecule has 0 spiro atoms. The van der Waals surface area contributed by atoms with Gasteiger partial charge in [-0.05, 0) is 49.8 Å². The highest BCUT2D eigenvalue weighted by molar-refractivity contribution is 6.35. The number of nitrogens with zero attached hydrogens (tertiary/aromatic N) is 1. The van der Waals surface area contributed by atoms with E-state index in [-0.39, 0.29) is 29.0 Å². The first-order chi connectivity index (χ1) is 15.9. The number of aromatic nitrogens is 1. The minimum atomic E-state index is -0.834. The Kier molecular flexibility index (Phi) is 6.84. The first kappa shape index (κ1) is 23.1. The van der Waals surface area contributed by atoms with Crippen molar-refractivity contribution in [1.29, 1.82) is 5.26 Å². The van der Waals surface area contributed by atoms with Gasteiger partial charge in [0.1, 0.15) is 28.6 Å². The highest BCUT2D eigenvalue weighted by Crippen LogP contribution is 2.34. The van der Waals surface area contributed by atoms with Gasteiger partial charge in [0.25, 0.3) is 5.91 Å². The number of H-pyrrole nitrogens is 1. The molecule has 3 unspecified atom stereocenters. The van der Waals surface area contributed by atoms with Gasteiger partial charge in [-0.25, -0.2) is 4.39 Å². The zero-order chi connectivity index (χ0) is 23.5. The van der Waals surface area contributed by atoms with Gasteiger partial charge >= 0.3 is 0 Å². The molecule has 8 nitrogen and oxygen atoms in total. The van der Waals surface area contributed by atoms with E-state index in [9.17, 15) is 24.0 Å². The van der Waals surface area contributed by atoms with Crippen LogP contribution in [-0.4, -0.2) is 41.3 Å². The standard InChI is InChI=1S/C23H25ClFN5O3/c24-19-16(25)6-5-13-10-18(29-20(13)19)23(33)30-17(8-12-3-4-12)22(32)28-15(11-26)9-14-2-1-7-27-21(14)31/h5-6,10,12,14-15,17,29H,1-4,7-9H2,(H,27,31)(H,28,32)(H,30,33). The average Bonchev–Trinajstić information content (AvgIpc) is 3.51. The maximum Gasteiger partial charge on any atom is 0.268 e. The molecule has 2 aromatic rings. The van der Waals surface area contributed by atoms with Crippen LogP contribution in [0.15, 0.2) is 18.2 Å². The highest BCUT2D eigenvalue weighted by Gasteiger charge is 2.33. The lowest BCUT2D eigenvalue weighted by atomic mass is 9.92. The summed E-state index contributed by atoms with van der Waals surface area (Å²) in [5, 5.41) is 18.2. The molecule has 1 aromatic heterocycles.